The van der Waals surface area contributed by atoms with Gasteiger partial charge in [-0.3, -0.25) is 4.79 Å². The first-order valence-corrected chi connectivity index (χ1v) is 5.11. The van der Waals surface area contributed by atoms with Crippen LogP contribution >= 0.6 is 0 Å². The third kappa shape index (κ3) is 4.13. The molecule has 0 saturated carbocycles. The summed E-state index contributed by atoms with van der Waals surface area (Å²) < 4.78 is 0. The highest BCUT2D eigenvalue weighted by atomic mass is 16.4. The predicted molar refractivity (Wildman–Crippen MR) is 57.4 cm³/mol. The number of carbonyl (C=O) groups is 2. The minimum absolute atomic E-state index is 0.339. The number of aliphatic carboxylic acids is 1. The SMILES string of the molecule is CC(=O)N[C@@H](CCc1ccccc1)C(=O)[O-]. The summed E-state index contributed by atoms with van der Waals surface area (Å²) >= 11 is 0. The van der Waals surface area contributed by atoms with Crippen molar-refractivity contribution < 1.29 is 14.7 Å². The zero-order valence-electron chi connectivity index (χ0n) is 9.10. The first-order chi connectivity index (χ1) is 7.59. The van der Waals surface area contributed by atoms with Gasteiger partial charge < -0.3 is 15.2 Å². The summed E-state index contributed by atoms with van der Waals surface area (Å²) in [5.41, 5.74) is 1.04. The van der Waals surface area contributed by atoms with Crippen molar-refractivity contribution in [2.24, 2.45) is 0 Å². The Morgan fingerprint density at radius 2 is 1.94 bits per heavy atom. The van der Waals surface area contributed by atoms with Gasteiger partial charge >= 0.3 is 0 Å². The van der Waals surface area contributed by atoms with Crippen molar-refractivity contribution in [2.75, 3.05) is 0 Å². The van der Waals surface area contributed by atoms with E-state index in [4.69, 9.17) is 0 Å². The van der Waals surface area contributed by atoms with E-state index < -0.39 is 12.0 Å². The van der Waals surface area contributed by atoms with Crippen molar-refractivity contribution in [3.8, 4) is 0 Å². The highest BCUT2D eigenvalue weighted by Crippen LogP contribution is 2.04. The molecular formula is C12H14NO3-. The van der Waals surface area contributed by atoms with Crippen molar-refractivity contribution in [3.05, 3.63) is 35.9 Å². The lowest BCUT2D eigenvalue weighted by Crippen LogP contribution is -2.47. The molecule has 0 aliphatic carbocycles. The van der Waals surface area contributed by atoms with E-state index in [0.29, 0.717) is 12.8 Å². The molecule has 1 rings (SSSR count). The van der Waals surface area contributed by atoms with Crippen LogP contribution in [0.15, 0.2) is 30.3 Å². The van der Waals surface area contributed by atoms with E-state index in [2.05, 4.69) is 5.32 Å². The minimum atomic E-state index is -1.24. The normalized spacial score (nSPS) is 11.8. The lowest BCUT2D eigenvalue weighted by atomic mass is 10.1. The molecule has 0 saturated heterocycles. The Morgan fingerprint density at radius 3 is 2.44 bits per heavy atom. The quantitative estimate of drug-likeness (QED) is 0.751. The van der Waals surface area contributed by atoms with E-state index in [1.165, 1.54) is 6.92 Å². The summed E-state index contributed by atoms with van der Waals surface area (Å²) in [6, 6.07) is 8.59. The van der Waals surface area contributed by atoms with Gasteiger partial charge in [-0.1, -0.05) is 30.3 Å². The predicted octanol–water partition coefficient (Wildman–Crippen LogP) is -0.126. The molecule has 0 bridgehead atoms. The number of amides is 1. The van der Waals surface area contributed by atoms with E-state index in [1.54, 1.807) is 0 Å². The zero-order valence-corrected chi connectivity index (χ0v) is 9.10. The third-order valence-electron chi connectivity index (χ3n) is 2.23. The second-order valence-electron chi connectivity index (χ2n) is 3.60. The van der Waals surface area contributed by atoms with E-state index in [0.717, 1.165) is 5.56 Å². The molecule has 0 unspecified atom stereocenters. The molecule has 86 valence electrons. The number of carboxylic acids is 1. The van der Waals surface area contributed by atoms with Gasteiger partial charge in [-0.05, 0) is 18.4 Å². The van der Waals surface area contributed by atoms with Crippen LogP contribution in [0, 0.1) is 0 Å². The number of nitrogens with one attached hydrogen (secondary N) is 1. The summed E-state index contributed by atoms with van der Waals surface area (Å²) in [5.74, 6) is -1.60. The summed E-state index contributed by atoms with van der Waals surface area (Å²) in [7, 11) is 0. The van der Waals surface area contributed by atoms with Crippen LogP contribution in [0.25, 0.3) is 0 Å². The molecule has 1 atom stereocenters. The first kappa shape index (κ1) is 12.2. The Labute approximate surface area is 94.3 Å². The van der Waals surface area contributed by atoms with Gasteiger partial charge in [0.1, 0.15) is 0 Å². The molecule has 0 spiro atoms. The summed E-state index contributed by atoms with van der Waals surface area (Å²) in [6.07, 6.45) is 0.936. The highest BCUT2D eigenvalue weighted by Gasteiger charge is 2.10. The number of rotatable bonds is 5. The van der Waals surface area contributed by atoms with Crippen LogP contribution in [-0.2, 0) is 16.0 Å². The monoisotopic (exact) mass is 220 g/mol. The van der Waals surface area contributed by atoms with Crippen LogP contribution in [-0.4, -0.2) is 17.9 Å². The molecular weight excluding hydrogens is 206 g/mol. The summed E-state index contributed by atoms with van der Waals surface area (Å²) in [6.45, 7) is 1.29. The van der Waals surface area contributed by atoms with Crippen LogP contribution in [0.5, 0.6) is 0 Å². The van der Waals surface area contributed by atoms with Crippen molar-refractivity contribution in [1.82, 2.24) is 5.32 Å². The van der Waals surface area contributed by atoms with Gasteiger partial charge in [0, 0.05) is 6.92 Å². The first-order valence-electron chi connectivity index (χ1n) is 5.11. The second-order valence-corrected chi connectivity index (χ2v) is 3.60. The molecule has 1 aromatic carbocycles. The van der Waals surface area contributed by atoms with Gasteiger partial charge in [-0.15, -0.1) is 0 Å². The van der Waals surface area contributed by atoms with Crippen molar-refractivity contribution >= 4 is 11.9 Å². The average molecular weight is 220 g/mol. The Kier molecular flexibility index (Phi) is 4.51. The fourth-order valence-corrected chi connectivity index (χ4v) is 1.45. The third-order valence-corrected chi connectivity index (χ3v) is 2.23. The van der Waals surface area contributed by atoms with Crippen LogP contribution in [0.2, 0.25) is 0 Å². The molecule has 1 amide bonds. The largest absolute Gasteiger partial charge is 0.548 e. The zero-order chi connectivity index (χ0) is 12.0. The molecule has 0 aliphatic heterocycles. The van der Waals surface area contributed by atoms with Crippen LogP contribution in [0.1, 0.15) is 18.9 Å². The number of carbonyl (C=O) groups excluding carboxylic acids is 2. The molecule has 0 radical (unpaired) electrons. The topological polar surface area (TPSA) is 69.2 Å². The maximum atomic E-state index is 10.8. The average Bonchev–Trinajstić information content (AvgIpc) is 2.25. The molecule has 1 N–H and O–H groups in total. The van der Waals surface area contributed by atoms with Crippen LogP contribution in [0.4, 0.5) is 0 Å². The standard InChI is InChI=1S/C12H15NO3/c1-9(14)13-11(12(15)16)8-7-10-5-3-2-4-6-10/h2-6,11H,7-8H2,1H3,(H,13,14)(H,15,16)/p-1/t11-/m0/s1. The van der Waals surface area contributed by atoms with Crippen molar-refractivity contribution in [3.63, 3.8) is 0 Å². The minimum Gasteiger partial charge on any atom is -0.548 e. The number of hydrogen-bond donors (Lipinski definition) is 1. The summed E-state index contributed by atoms with van der Waals surface area (Å²) in [5, 5.41) is 13.1. The smallest absolute Gasteiger partial charge is 0.217 e. The number of aryl methyl sites for hydroxylation is 1. The fourth-order valence-electron chi connectivity index (χ4n) is 1.45. The van der Waals surface area contributed by atoms with Gasteiger partial charge in [0.15, 0.2) is 0 Å². The Bertz CT molecular complexity index is 362. The number of hydrogen-bond acceptors (Lipinski definition) is 3. The molecule has 16 heavy (non-hydrogen) atoms. The van der Waals surface area contributed by atoms with Gasteiger partial charge in [0.05, 0.1) is 12.0 Å². The Morgan fingerprint density at radius 1 is 1.31 bits per heavy atom. The maximum absolute atomic E-state index is 10.8. The lowest BCUT2D eigenvalue weighted by molar-refractivity contribution is -0.308. The number of carboxylic acid groups (broad SMARTS) is 1. The van der Waals surface area contributed by atoms with Crippen LogP contribution in [0.3, 0.4) is 0 Å². The molecule has 4 heteroatoms. The molecule has 1 aromatic rings. The van der Waals surface area contributed by atoms with E-state index in [-0.39, 0.29) is 5.91 Å². The molecule has 0 heterocycles. The van der Waals surface area contributed by atoms with Crippen LogP contribution < -0.4 is 10.4 Å². The van der Waals surface area contributed by atoms with Gasteiger partial charge in [0.2, 0.25) is 5.91 Å². The molecule has 4 nitrogen and oxygen atoms in total. The number of benzene rings is 1. The lowest BCUT2D eigenvalue weighted by Gasteiger charge is -2.18. The molecule has 0 aliphatic rings. The maximum Gasteiger partial charge on any atom is 0.217 e. The van der Waals surface area contributed by atoms with Crippen molar-refractivity contribution in [2.45, 2.75) is 25.8 Å². The Balaban J connectivity index is 2.50. The van der Waals surface area contributed by atoms with Gasteiger partial charge in [-0.25, -0.2) is 0 Å². The van der Waals surface area contributed by atoms with E-state index >= 15 is 0 Å². The molecule has 0 aromatic heterocycles. The summed E-state index contributed by atoms with van der Waals surface area (Å²) in [4.78, 5) is 21.5. The second kappa shape index (κ2) is 5.90. The van der Waals surface area contributed by atoms with Gasteiger partial charge in [-0.2, -0.15) is 0 Å². The fraction of sp³-hybridized carbons (Fsp3) is 0.333. The molecule has 0 fully saturated rings. The Hall–Kier alpha value is -1.84. The highest BCUT2D eigenvalue weighted by molar-refractivity contribution is 5.80. The van der Waals surface area contributed by atoms with Gasteiger partial charge in [0.25, 0.3) is 0 Å². The van der Waals surface area contributed by atoms with E-state index in [9.17, 15) is 14.7 Å². The van der Waals surface area contributed by atoms with Crippen molar-refractivity contribution in [1.29, 1.82) is 0 Å². The van der Waals surface area contributed by atoms with E-state index in [1.807, 2.05) is 30.3 Å².